The molecule has 2 rings (SSSR count). The van der Waals surface area contributed by atoms with E-state index in [0.29, 0.717) is 0 Å². The summed E-state index contributed by atoms with van der Waals surface area (Å²) in [6, 6.07) is 10.4. The SMILES string of the molecule is N#Cc1ccc(Nc2ccccc2C(=O)O)cc1C(F)(F)F. The van der Waals surface area contributed by atoms with Crippen LogP contribution in [0.15, 0.2) is 42.5 Å². The zero-order chi connectivity index (χ0) is 16.3. The van der Waals surface area contributed by atoms with Crippen LogP contribution in [0, 0.1) is 11.3 Å². The number of anilines is 2. The summed E-state index contributed by atoms with van der Waals surface area (Å²) in [5, 5.41) is 20.4. The molecule has 0 aliphatic carbocycles. The number of benzene rings is 2. The topological polar surface area (TPSA) is 73.1 Å². The van der Waals surface area contributed by atoms with Gasteiger partial charge in [0.1, 0.15) is 0 Å². The molecule has 4 nitrogen and oxygen atoms in total. The second kappa shape index (κ2) is 5.77. The number of rotatable bonds is 3. The number of alkyl halides is 3. The van der Waals surface area contributed by atoms with E-state index in [4.69, 9.17) is 10.4 Å². The Kier molecular flexibility index (Phi) is 4.04. The van der Waals surface area contributed by atoms with Gasteiger partial charge in [0.2, 0.25) is 0 Å². The number of halogens is 3. The largest absolute Gasteiger partial charge is 0.478 e. The van der Waals surface area contributed by atoms with Crippen molar-refractivity contribution in [1.29, 1.82) is 5.26 Å². The fraction of sp³-hybridized carbons (Fsp3) is 0.0667. The lowest BCUT2D eigenvalue weighted by molar-refractivity contribution is -0.137. The van der Waals surface area contributed by atoms with Crippen molar-refractivity contribution in [3.05, 3.63) is 59.2 Å². The molecular weight excluding hydrogens is 297 g/mol. The Morgan fingerprint density at radius 3 is 2.45 bits per heavy atom. The van der Waals surface area contributed by atoms with Crippen LogP contribution in [0.25, 0.3) is 0 Å². The Balaban J connectivity index is 2.44. The molecule has 0 radical (unpaired) electrons. The Hall–Kier alpha value is -3.01. The van der Waals surface area contributed by atoms with E-state index in [-0.39, 0.29) is 16.9 Å². The van der Waals surface area contributed by atoms with Gasteiger partial charge in [-0.3, -0.25) is 0 Å². The van der Waals surface area contributed by atoms with E-state index in [1.165, 1.54) is 30.3 Å². The number of nitrogens with zero attached hydrogens (tertiary/aromatic N) is 1. The Labute approximate surface area is 123 Å². The highest BCUT2D eigenvalue weighted by Gasteiger charge is 2.33. The summed E-state index contributed by atoms with van der Waals surface area (Å²) in [5.74, 6) is -1.20. The van der Waals surface area contributed by atoms with Gasteiger partial charge in [-0.25, -0.2) is 4.79 Å². The van der Waals surface area contributed by atoms with Crippen molar-refractivity contribution >= 4 is 17.3 Å². The monoisotopic (exact) mass is 306 g/mol. The molecule has 0 unspecified atom stereocenters. The van der Waals surface area contributed by atoms with Crippen LogP contribution < -0.4 is 5.32 Å². The molecule has 0 aromatic heterocycles. The molecule has 112 valence electrons. The number of aromatic carboxylic acids is 1. The molecule has 22 heavy (non-hydrogen) atoms. The van der Waals surface area contributed by atoms with E-state index in [1.807, 2.05) is 0 Å². The third-order valence-corrected chi connectivity index (χ3v) is 2.88. The summed E-state index contributed by atoms with van der Waals surface area (Å²) in [6.07, 6.45) is -4.67. The Morgan fingerprint density at radius 1 is 1.18 bits per heavy atom. The molecule has 0 spiro atoms. The first-order valence-electron chi connectivity index (χ1n) is 6.03. The van der Waals surface area contributed by atoms with Crippen LogP contribution in [0.1, 0.15) is 21.5 Å². The molecule has 0 aliphatic rings. The predicted octanol–water partition coefficient (Wildman–Crippen LogP) is 4.02. The third-order valence-electron chi connectivity index (χ3n) is 2.88. The summed E-state index contributed by atoms with van der Waals surface area (Å²) in [6.45, 7) is 0. The van der Waals surface area contributed by atoms with Gasteiger partial charge in [-0.1, -0.05) is 12.1 Å². The lowest BCUT2D eigenvalue weighted by Gasteiger charge is -2.13. The van der Waals surface area contributed by atoms with Crippen molar-refractivity contribution in [3.8, 4) is 6.07 Å². The number of nitrogens with one attached hydrogen (secondary N) is 1. The normalized spacial score (nSPS) is 10.8. The summed E-state index contributed by atoms with van der Waals surface area (Å²) < 4.78 is 38.7. The van der Waals surface area contributed by atoms with Gasteiger partial charge in [-0.05, 0) is 30.3 Å². The fourth-order valence-electron chi connectivity index (χ4n) is 1.89. The van der Waals surface area contributed by atoms with Crippen LogP contribution in [-0.4, -0.2) is 11.1 Å². The average molecular weight is 306 g/mol. The minimum atomic E-state index is -4.67. The van der Waals surface area contributed by atoms with E-state index < -0.39 is 23.3 Å². The maximum atomic E-state index is 12.9. The first kappa shape index (κ1) is 15.4. The summed E-state index contributed by atoms with van der Waals surface area (Å²) in [5.41, 5.74) is -1.44. The van der Waals surface area contributed by atoms with Crippen molar-refractivity contribution in [3.63, 3.8) is 0 Å². The molecule has 0 saturated heterocycles. The Morgan fingerprint density at radius 2 is 1.86 bits per heavy atom. The second-order valence-electron chi connectivity index (χ2n) is 4.35. The standard InChI is InChI=1S/C15H9F3N2O2/c16-15(17,18)12-7-10(6-5-9(12)8-19)20-13-4-2-1-3-11(13)14(21)22/h1-7,20H,(H,21,22). The number of carbonyl (C=O) groups is 1. The number of carboxylic acid groups (broad SMARTS) is 1. The summed E-state index contributed by atoms with van der Waals surface area (Å²) in [7, 11) is 0. The van der Waals surface area contributed by atoms with Crippen molar-refractivity contribution in [1.82, 2.24) is 0 Å². The molecule has 0 atom stereocenters. The zero-order valence-electron chi connectivity index (χ0n) is 11.0. The molecule has 2 N–H and O–H groups in total. The van der Waals surface area contributed by atoms with Crippen LogP contribution >= 0.6 is 0 Å². The van der Waals surface area contributed by atoms with Crippen molar-refractivity contribution in [2.75, 3.05) is 5.32 Å². The van der Waals surface area contributed by atoms with Gasteiger partial charge >= 0.3 is 12.1 Å². The van der Waals surface area contributed by atoms with Crippen LogP contribution in [0.3, 0.4) is 0 Å². The van der Waals surface area contributed by atoms with Crippen LogP contribution in [0.5, 0.6) is 0 Å². The first-order chi connectivity index (χ1) is 10.3. The van der Waals surface area contributed by atoms with Gasteiger partial charge in [0.15, 0.2) is 0 Å². The van der Waals surface area contributed by atoms with Crippen molar-refractivity contribution in [2.24, 2.45) is 0 Å². The van der Waals surface area contributed by atoms with E-state index in [0.717, 1.165) is 12.1 Å². The van der Waals surface area contributed by atoms with Gasteiger partial charge < -0.3 is 10.4 Å². The number of hydrogen-bond donors (Lipinski definition) is 2. The highest BCUT2D eigenvalue weighted by molar-refractivity contribution is 5.95. The quantitative estimate of drug-likeness (QED) is 0.898. The molecule has 2 aromatic rings. The molecule has 0 saturated carbocycles. The van der Waals surface area contributed by atoms with E-state index in [9.17, 15) is 18.0 Å². The maximum absolute atomic E-state index is 12.9. The van der Waals surface area contributed by atoms with E-state index in [2.05, 4.69) is 5.32 Å². The van der Waals surface area contributed by atoms with Crippen LogP contribution in [0.4, 0.5) is 24.5 Å². The molecule has 2 aromatic carbocycles. The van der Waals surface area contributed by atoms with Gasteiger partial charge in [-0.2, -0.15) is 18.4 Å². The van der Waals surface area contributed by atoms with E-state index in [1.54, 1.807) is 6.07 Å². The Bertz CT molecular complexity index is 764. The van der Waals surface area contributed by atoms with E-state index >= 15 is 0 Å². The fourth-order valence-corrected chi connectivity index (χ4v) is 1.89. The van der Waals surface area contributed by atoms with Crippen LogP contribution in [0.2, 0.25) is 0 Å². The second-order valence-corrected chi connectivity index (χ2v) is 4.35. The molecule has 0 heterocycles. The molecular formula is C15H9F3N2O2. The lowest BCUT2D eigenvalue weighted by Crippen LogP contribution is -2.09. The minimum absolute atomic E-state index is 0.0417. The van der Waals surface area contributed by atoms with Crippen molar-refractivity contribution < 1.29 is 23.1 Å². The highest BCUT2D eigenvalue weighted by atomic mass is 19.4. The minimum Gasteiger partial charge on any atom is -0.478 e. The number of hydrogen-bond acceptors (Lipinski definition) is 3. The van der Waals surface area contributed by atoms with Gasteiger partial charge in [0, 0.05) is 5.69 Å². The molecule has 0 aliphatic heterocycles. The molecule has 0 fully saturated rings. The number of carboxylic acids is 1. The predicted molar refractivity (Wildman–Crippen MR) is 72.8 cm³/mol. The van der Waals surface area contributed by atoms with Gasteiger partial charge in [-0.15, -0.1) is 0 Å². The van der Waals surface area contributed by atoms with Gasteiger partial charge in [0.05, 0.1) is 28.4 Å². The number of para-hydroxylation sites is 1. The molecule has 0 bridgehead atoms. The lowest BCUT2D eigenvalue weighted by atomic mass is 10.1. The first-order valence-corrected chi connectivity index (χ1v) is 6.03. The van der Waals surface area contributed by atoms with Gasteiger partial charge in [0.25, 0.3) is 0 Å². The zero-order valence-corrected chi connectivity index (χ0v) is 11.0. The molecule has 7 heteroatoms. The maximum Gasteiger partial charge on any atom is 0.417 e. The molecule has 0 amide bonds. The van der Waals surface area contributed by atoms with Crippen LogP contribution in [-0.2, 0) is 6.18 Å². The third kappa shape index (κ3) is 3.17. The smallest absolute Gasteiger partial charge is 0.417 e. The van der Waals surface area contributed by atoms with Crippen molar-refractivity contribution in [2.45, 2.75) is 6.18 Å². The summed E-state index contributed by atoms with van der Waals surface area (Å²) >= 11 is 0. The summed E-state index contributed by atoms with van der Waals surface area (Å²) in [4.78, 5) is 11.1. The average Bonchev–Trinajstić information content (AvgIpc) is 2.46. The number of nitriles is 1. The highest BCUT2D eigenvalue weighted by Crippen LogP contribution is 2.34.